The lowest BCUT2D eigenvalue weighted by molar-refractivity contribution is -0.120. The van der Waals surface area contributed by atoms with Crippen LogP contribution in [0.3, 0.4) is 0 Å². The van der Waals surface area contributed by atoms with Gasteiger partial charge in [0, 0.05) is 12.7 Å². The van der Waals surface area contributed by atoms with Crippen molar-refractivity contribution in [2.45, 2.75) is 56.6 Å². The van der Waals surface area contributed by atoms with E-state index in [2.05, 4.69) is 9.97 Å². The van der Waals surface area contributed by atoms with E-state index in [4.69, 9.17) is 15.2 Å². The van der Waals surface area contributed by atoms with Gasteiger partial charge < -0.3 is 15.2 Å². The molecule has 1 saturated heterocycles. The highest BCUT2D eigenvalue weighted by Crippen LogP contribution is 2.43. The van der Waals surface area contributed by atoms with Gasteiger partial charge in [0.2, 0.25) is 5.88 Å². The van der Waals surface area contributed by atoms with Crippen LogP contribution in [-0.2, 0) is 4.74 Å². The van der Waals surface area contributed by atoms with E-state index in [0.29, 0.717) is 11.8 Å². The molecule has 2 heterocycles. The van der Waals surface area contributed by atoms with E-state index in [9.17, 15) is 0 Å². The lowest BCUT2D eigenvalue weighted by Crippen LogP contribution is -2.44. The van der Waals surface area contributed by atoms with Crippen molar-refractivity contribution < 1.29 is 9.47 Å². The first-order valence-corrected chi connectivity index (χ1v) is 7.98. The highest BCUT2D eigenvalue weighted by molar-refractivity contribution is 5.17. The molecule has 1 aromatic heterocycles. The predicted octanol–water partition coefficient (Wildman–Crippen LogP) is 2.61. The number of hydrogen-bond donors (Lipinski definition) is 1. The maximum absolute atomic E-state index is 6.48. The number of rotatable bonds is 3. The first-order valence-electron chi connectivity index (χ1n) is 7.98. The first-order chi connectivity index (χ1) is 10.2. The number of aromatic nitrogens is 2. The molecule has 0 bridgehead atoms. The SMILES string of the molecule is COc1cc(C(N)C2CCOC3(CCCCC3)C2)ncn1. The van der Waals surface area contributed by atoms with E-state index in [1.54, 1.807) is 7.11 Å². The van der Waals surface area contributed by atoms with Crippen molar-refractivity contribution >= 4 is 0 Å². The van der Waals surface area contributed by atoms with Gasteiger partial charge >= 0.3 is 0 Å². The molecule has 5 nitrogen and oxygen atoms in total. The van der Waals surface area contributed by atoms with Gasteiger partial charge in [-0.05, 0) is 31.6 Å². The van der Waals surface area contributed by atoms with Crippen molar-refractivity contribution in [3.05, 3.63) is 18.1 Å². The average molecular weight is 291 g/mol. The summed E-state index contributed by atoms with van der Waals surface area (Å²) in [4.78, 5) is 8.39. The zero-order valence-corrected chi connectivity index (χ0v) is 12.8. The molecule has 2 fully saturated rings. The maximum atomic E-state index is 6.48. The number of ether oxygens (including phenoxy) is 2. The van der Waals surface area contributed by atoms with E-state index >= 15 is 0 Å². The average Bonchev–Trinajstić information content (AvgIpc) is 2.55. The van der Waals surface area contributed by atoms with Gasteiger partial charge in [-0.1, -0.05) is 19.3 Å². The quantitative estimate of drug-likeness (QED) is 0.927. The Balaban J connectivity index is 1.72. The molecule has 0 amide bonds. The Morgan fingerprint density at radius 3 is 2.90 bits per heavy atom. The third-order valence-corrected chi connectivity index (χ3v) is 5.02. The van der Waals surface area contributed by atoms with Crippen molar-refractivity contribution in [2.75, 3.05) is 13.7 Å². The van der Waals surface area contributed by atoms with Crippen LogP contribution in [0.5, 0.6) is 5.88 Å². The van der Waals surface area contributed by atoms with Crippen molar-refractivity contribution in [1.29, 1.82) is 0 Å². The second-order valence-corrected chi connectivity index (χ2v) is 6.36. The van der Waals surface area contributed by atoms with Gasteiger partial charge in [-0.25, -0.2) is 9.97 Å². The fourth-order valence-corrected chi connectivity index (χ4v) is 3.81. The number of hydrogen-bond acceptors (Lipinski definition) is 5. The van der Waals surface area contributed by atoms with Gasteiger partial charge in [-0.15, -0.1) is 0 Å². The molecule has 2 aliphatic rings. The third-order valence-electron chi connectivity index (χ3n) is 5.02. The topological polar surface area (TPSA) is 70.3 Å². The van der Waals surface area contributed by atoms with Gasteiger partial charge in [0.05, 0.1) is 24.4 Å². The Labute approximate surface area is 126 Å². The number of nitrogens with two attached hydrogens (primary N) is 1. The largest absolute Gasteiger partial charge is 0.481 e. The Morgan fingerprint density at radius 2 is 2.14 bits per heavy atom. The van der Waals surface area contributed by atoms with Crippen LogP contribution in [0.2, 0.25) is 0 Å². The fraction of sp³-hybridized carbons (Fsp3) is 0.750. The fourth-order valence-electron chi connectivity index (χ4n) is 3.81. The second kappa shape index (κ2) is 6.28. The van der Waals surface area contributed by atoms with Gasteiger partial charge in [0.25, 0.3) is 0 Å². The van der Waals surface area contributed by atoms with E-state index in [1.807, 2.05) is 6.07 Å². The molecule has 0 radical (unpaired) electrons. The summed E-state index contributed by atoms with van der Waals surface area (Å²) in [6, 6.07) is 1.79. The summed E-state index contributed by atoms with van der Waals surface area (Å²) in [7, 11) is 1.61. The monoisotopic (exact) mass is 291 g/mol. The van der Waals surface area contributed by atoms with E-state index in [1.165, 1.54) is 38.4 Å². The second-order valence-electron chi connectivity index (χ2n) is 6.36. The Bertz CT molecular complexity index is 469. The minimum absolute atomic E-state index is 0.0652. The van der Waals surface area contributed by atoms with Gasteiger partial charge in [-0.2, -0.15) is 0 Å². The lowest BCUT2D eigenvalue weighted by atomic mass is 9.74. The van der Waals surface area contributed by atoms with Crippen LogP contribution in [0.1, 0.15) is 56.7 Å². The summed E-state index contributed by atoms with van der Waals surface area (Å²) >= 11 is 0. The summed E-state index contributed by atoms with van der Waals surface area (Å²) in [5.41, 5.74) is 7.44. The van der Waals surface area contributed by atoms with Crippen LogP contribution in [0.15, 0.2) is 12.4 Å². The Hall–Kier alpha value is -1.20. The molecule has 1 aliphatic heterocycles. The maximum Gasteiger partial charge on any atom is 0.216 e. The van der Waals surface area contributed by atoms with Crippen LogP contribution >= 0.6 is 0 Å². The molecular weight excluding hydrogens is 266 g/mol. The minimum atomic E-state index is -0.0652. The molecule has 5 heteroatoms. The molecular formula is C16H25N3O2. The highest BCUT2D eigenvalue weighted by Gasteiger charge is 2.40. The predicted molar refractivity (Wildman–Crippen MR) is 80.0 cm³/mol. The lowest BCUT2D eigenvalue weighted by Gasteiger charge is -2.44. The summed E-state index contributed by atoms with van der Waals surface area (Å²) in [5, 5.41) is 0. The minimum Gasteiger partial charge on any atom is -0.481 e. The van der Waals surface area contributed by atoms with Crippen molar-refractivity contribution in [3.8, 4) is 5.88 Å². The van der Waals surface area contributed by atoms with Crippen LogP contribution in [0.4, 0.5) is 0 Å². The third kappa shape index (κ3) is 3.19. The molecule has 1 spiro atoms. The van der Waals surface area contributed by atoms with Gasteiger partial charge in [0.1, 0.15) is 6.33 Å². The van der Waals surface area contributed by atoms with Crippen molar-refractivity contribution in [1.82, 2.24) is 9.97 Å². The summed E-state index contributed by atoms with van der Waals surface area (Å²) in [6.45, 7) is 0.820. The van der Waals surface area contributed by atoms with Crippen LogP contribution in [-0.4, -0.2) is 29.3 Å². The van der Waals surface area contributed by atoms with Gasteiger partial charge in [-0.3, -0.25) is 0 Å². The molecule has 0 aromatic carbocycles. The Kier molecular flexibility index (Phi) is 4.40. The first kappa shape index (κ1) is 14.7. The highest BCUT2D eigenvalue weighted by atomic mass is 16.5. The van der Waals surface area contributed by atoms with E-state index in [-0.39, 0.29) is 11.6 Å². The molecule has 2 unspecified atom stereocenters. The molecule has 3 rings (SSSR count). The Morgan fingerprint density at radius 1 is 1.33 bits per heavy atom. The smallest absolute Gasteiger partial charge is 0.216 e. The van der Waals surface area contributed by atoms with Crippen LogP contribution < -0.4 is 10.5 Å². The zero-order valence-electron chi connectivity index (χ0n) is 12.8. The molecule has 1 saturated carbocycles. The van der Waals surface area contributed by atoms with Crippen LogP contribution in [0, 0.1) is 5.92 Å². The van der Waals surface area contributed by atoms with Crippen molar-refractivity contribution in [3.63, 3.8) is 0 Å². The summed E-state index contributed by atoms with van der Waals surface area (Å²) in [6.07, 6.45) is 9.86. The van der Waals surface area contributed by atoms with Gasteiger partial charge in [0.15, 0.2) is 0 Å². The number of methoxy groups -OCH3 is 1. The van der Waals surface area contributed by atoms with Crippen LogP contribution in [0.25, 0.3) is 0 Å². The number of nitrogens with zero attached hydrogens (tertiary/aromatic N) is 2. The molecule has 1 aromatic rings. The summed E-state index contributed by atoms with van der Waals surface area (Å²) in [5.74, 6) is 1.01. The molecule has 2 atom stereocenters. The molecule has 116 valence electrons. The molecule has 2 N–H and O–H groups in total. The normalized spacial score (nSPS) is 26.5. The van der Waals surface area contributed by atoms with Crippen molar-refractivity contribution in [2.24, 2.45) is 11.7 Å². The molecule has 21 heavy (non-hydrogen) atoms. The zero-order chi connectivity index (χ0) is 14.7. The molecule has 1 aliphatic carbocycles. The summed E-state index contributed by atoms with van der Waals surface area (Å²) < 4.78 is 11.3. The van der Waals surface area contributed by atoms with E-state index < -0.39 is 0 Å². The van der Waals surface area contributed by atoms with E-state index in [0.717, 1.165) is 25.1 Å². The standard InChI is InChI=1S/C16H25N3O2/c1-20-14-9-13(18-11-19-14)15(17)12-5-8-21-16(10-12)6-3-2-4-7-16/h9,11-12,15H,2-8,10,17H2,1H3.